The zero-order chi connectivity index (χ0) is 12.0. The highest BCUT2D eigenvalue weighted by Crippen LogP contribution is 2.33. The molecule has 1 amide bonds. The molecule has 0 saturated carbocycles. The Morgan fingerprint density at radius 3 is 2.94 bits per heavy atom. The monoisotopic (exact) mass is 231 g/mol. The number of anilines is 1. The second kappa shape index (κ2) is 3.31. The summed E-state index contributed by atoms with van der Waals surface area (Å²) >= 11 is 0. The third-order valence-corrected chi connectivity index (χ3v) is 2.95. The second-order valence-corrected chi connectivity index (χ2v) is 3.93. The minimum atomic E-state index is -0.421. The Morgan fingerprint density at radius 2 is 2.18 bits per heavy atom. The second-order valence-electron chi connectivity index (χ2n) is 3.93. The molecular formula is C11H9N3O3. The van der Waals surface area contributed by atoms with E-state index in [1.54, 1.807) is 23.4 Å². The van der Waals surface area contributed by atoms with Crippen molar-refractivity contribution in [1.82, 2.24) is 5.01 Å². The Labute approximate surface area is 96.9 Å². The molecule has 2 aliphatic rings. The van der Waals surface area contributed by atoms with Gasteiger partial charge in [-0.2, -0.15) is 0 Å². The van der Waals surface area contributed by atoms with Gasteiger partial charge in [-0.15, -0.1) is 0 Å². The molecule has 6 heteroatoms. The predicted octanol–water partition coefficient (Wildman–Crippen LogP) is 1.53. The van der Waals surface area contributed by atoms with E-state index in [9.17, 15) is 14.9 Å². The normalized spacial score (nSPS) is 17.1. The zero-order valence-corrected chi connectivity index (χ0v) is 8.87. The van der Waals surface area contributed by atoms with Crippen molar-refractivity contribution >= 4 is 23.4 Å². The number of amides is 1. The van der Waals surface area contributed by atoms with Gasteiger partial charge in [-0.3, -0.25) is 19.9 Å². The molecule has 17 heavy (non-hydrogen) atoms. The number of nitro benzene ring substituents is 1. The number of non-ortho nitro benzene ring substituents is 1. The van der Waals surface area contributed by atoms with Crippen molar-refractivity contribution in [3.8, 4) is 0 Å². The average molecular weight is 231 g/mol. The summed E-state index contributed by atoms with van der Waals surface area (Å²) in [5.41, 5.74) is 1.67. The molecule has 3 rings (SSSR count). The van der Waals surface area contributed by atoms with Gasteiger partial charge in [0.1, 0.15) is 0 Å². The largest absolute Gasteiger partial charge is 0.278 e. The lowest BCUT2D eigenvalue weighted by molar-refractivity contribution is -0.384. The Bertz CT molecular complexity index is 553. The molecule has 0 spiro atoms. The SMILES string of the molecule is O=C1CCN2c3ccc([N+](=O)[O-])cc3C=CN12. The van der Waals surface area contributed by atoms with E-state index in [4.69, 9.17) is 0 Å². The fraction of sp³-hybridized carbons (Fsp3) is 0.182. The van der Waals surface area contributed by atoms with Crippen LogP contribution in [0.5, 0.6) is 0 Å². The highest BCUT2D eigenvalue weighted by atomic mass is 16.6. The van der Waals surface area contributed by atoms with E-state index in [0.29, 0.717) is 13.0 Å². The Kier molecular flexibility index (Phi) is 1.91. The topological polar surface area (TPSA) is 66.7 Å². The van der Waals surface area contributed by atoms with Crippen LogP contribution in [-0.4, -0.2) is 22.4 Å². The number of hydrazine groups is 1. The third-order valence-electron chi connectivity index (χ3n) is 2.95. The highest BCUT2D eigenvalue weighted by Gasteiger charge is 2.31. The van der Waals surface area contributed by atoms with Crippen molar-refractivity contribution in [2.45, 2.75) is 6.42 Å². The summed E-state index contributed by atoms with van der Waals surface area (Å²) in [6.45, 7) is 0.619. The Hall–Kier alpha value is -2.37. The lowest BCUT2D eigenvalue weighted by Gasteiger charge is -2.31. The molecule has 1 saturated heterocycles. The number of rotatable bonds is 1. The molecule has 0 atom stereocenters. The van der Waals surface area contributed by atoms with Crippen LogP contribution in [0.25, 0.3) is 6.08 Å². The van der Waals surface area contributed by atoms with Crippen LogP contribution in [0, 0.1) is 10.1 Å². The van der Waals surface area contributed by atoms with E-state index >= 15 is 0 Å². The highest BCUT2D eigenvalue weighted by molar-refractivity contribution is 5.87. The van der Waals surface area contributed by atoms with Crippen molar-refractivity contribution in [1.29, 1.82) is 0 Å². The van der Waals surface area contributed by atoms with Crippen LogP contribution < -0.4 is 5.01 Å². The van der Waals surface area contributed by atoms with Gasteiger partial charge in [0.2, 0.25) is 5.91 Å². The molecule has 86 valence electrons. The van der Waals surface area contributed by atoms with Crippen molar-refractivity contribution in [2.24, 2.45) is 0 Å². The lowest BCUT2D eigenvalue weighted by Crippen LogP contribution is -2.36. The van der Waals surface area contributed by atoms with Crippen molar-refractivity contribution in [3.05, 3.63) is 40.1 Å². The van der Waals surface area contributed by atoms with Gasteiger partial charge in [0, 0.05) is 36.9 Å². The smallest absolute Gasteiger partial charge is 0.270 e. The lowest BCUT2D eigenvalue weighted by atomic mass is 10.1. The van der Waals surface area contributed by atoms with Crippen LogP contribution in [0.4, 0.5) is 11.4 Å². The summed E-state index contributed by atoms with van der Waals surface area (Å²) in [6.07, 6.45) is 3.85. The van der Waals surface area contributed by atoms with Gasteiger partial charge in [0.05, 0.1) is 10.6 Å². The number of fused-ring (bicyclic) bond motifs is 3. The molecule has 0 N–H and O–H groups in total. The van der Waals surface area contributed by atoms with Gasteiger partial charge in [0.25, 0.3) is 5.69 Å². The van der Waals surface area contributed by atoms with Gasteiger partial charge < -0.3 is 0 Å². The number of hydrogen-bond donors (Lipinski definition) is 0. The molecule has 1 fully saturated rings. The first-order valence-corrected chi connectivity index (χ1v) is 5.23. The molecule has 2 aliphatic heterocycles. The molecule has 0 bridgehead atoms. The first kappa shape index (κ1) is 9.83. The van der Waals surface area contributed by atoms with Gasteiger partial charge in [0.15, 0.2) is 0 Å². The number of nitro groups is 1. The summed E-state index contributed by atoms with van der Waals surface area (Å²) in [6, 6.07) is 4.66. The maximum atomic E-state index is 11.5. The van der Waals surface area contributed by atoms with Crippen LogP contribution >= 0.6 is 0 Å². The van der Waals surface area contributed by atoms with E-state index in [1.165, 1.54) is 12.1 Å². The number of nitrogens with zero attached hydrogens (tertiary/aromatic N) is 3. The summed E-state index contributed by atoms with van der Waals surface area (Å²) in [4.78, 5) is 21.8. The minimum Gasteiger partial charge on any atom is -0.278 e. The van der Waals surface area contributed by atoms with E-state index in [-0.39, 0.29) is 11.6 Å². The van der Waals surface area contributed by atoms with Gasteiger partial charge >= 0.3 is 0 Å². The molecule has 0 aromatic heterocycles. The molecule has 0 radical (unpaired) electrons. The van der Waals surface area contributed by atoms with Crippen molar-refractivity contribution in [3.63, 3.8) is 0 Å². The van der Waals surface area contributed by atoms with E-state index < -0.39 is 4.92 Å². The maximum Gasteiger partial charge on any atom is 0.270 e. The number of carbonyl (C=O) groups excluding carboxylic acids is 1. The quantitative estimate of drug-likeness (QED) is 0.543. The van der Waals surface area contributed by atoms with Gasteiger partial charge in [-0.25, -0.2) is 5.01 Å². The predicted molar refractivity (Wildman–Crippen MR) is 60.9 cm³/mol. The number of benzene rings is 1. The summed E-state index contributed by atoms with van der Waals surface area (Å²) in [5.74, 6) is 0.0465. The van der Waals surface area contributed by atoms with Crippen molar-refractivity contribution < 1.29 is 9.72 Å². The first-order chi connectivity index (χ1) is 8.16. The van der Waals surface area contributed by atoms with Gasteiger partial charge in [-0.1, -0.05) is 0 Å². The van der Waals surface area contributed by atoms with Crippen LogP contribution in [-0.2, 0) is 4.79 Å². The molecule has 0 unspecified atom stereocenters. The minimum absolute atomic E-state index is 0.0465. The Morgan fingerprint density at radius 1 is 1.35 bits per heavy atom. The molecule has 1 aromatic carbocycles. The summed E-state index contributed by atoms with van der Waals surface area (Å²) in [7, 11) is 0. The van der Waals surface area contributed by atoms with Crippen LogP contribution in [0.2, 0.25) is 0 Å². The fourth-order valence-corrected chi connectivity index (χ4v) is 2.13. The van der Waals surface area contributed by atoms with Crippen LogP contribution in [0.15, 0.2) is 24.4 Å². The van der Waals surface area contributed by atoms with Crippen LogP contribution in [0.1, 0.15) is 12.0 Å². The average Bonchev–Trinajstić information content (AvgIpc) is 2.70. The number of carbonyl (C=O) groups is 1. The van der Waals surface area contributed by atoms with E-state index in [0.717, 1.165) is 11.3 Å². The summed E-state index contributed by atoms with van der Waals surface area (Å²) in [5, 5.41) is 14.1. The Balaban J connectivity index is 2.08. The van der Waals surface area contributed by atoms with E-state index in [1.807, 2.05) is 5.01 Å². The summed E-state index contributed by atoms with van der Waals surface area (Å²) < 4.78 is 0. The fourth-order valence-electron chi connectivity index (χ4n) is 2.13. The van der Waals surface area contributed by atoms with E-state index in [2.05, 4.69) is 0 Å². The van der Waals surface area contributed by atoms with Crippen molar-refractivity contribution in [2.75, 3.05) is 11.6 Å². The molecular weight excluding hydrogens is 222 g/mol. The van der Waals surface area contributed by atoms with Crippen LogP contribution in [0.3, 0.4) is 0 Å². The molecule has 1 aromatic rings. The third kappa shape index (κ3) is 1.37. The number of hydrogen-bond acceptors (Lipinski definition) is 4. The standard InChI is InChI=1S/C11H9N3O3/c15-11-4-6-12-10-2-1-9(14(16)17)7-8(10)3-5-13(11)12/h1-3,5,7H,4,6H2. The molecule has 2 heterocycles. The molecule has 6 nitrogen and oxygen atoms in total. The maximum absolute atomic E-state index is 11.5. The first-order valence-electron chi connectivity index (χ1n) is 5.23. The zero-order valence-electron chi connectivity index (χ0n) is 8.87. The van der Waals surface area contributed by atoms with Gasteiger partial charge in [-0.05, 0) is 12.1 Å². The molecule has 0 aliphatic carbocycles.